The van der Waals surface area contributed by atoms with Crippen molar-refractivity contribution in [3.63, 3.8) is 0 Å². The summed E-state index contributed by atoms with van der Waals surface area (Å²) in [6.45, 7) is 0.0969. The molecule has 1 nitrogen and oxygen atoms in total. The van der Waals surface area contributed by atoms with Gasteiger partial charge in [0, 0.05) is 12.8 Å². The summed E-state index contributed by atoms with van der Waals surface area (Å²) in [5.74, 6) is -2.25. The molecule has 72 valence electrons. The maximum Gasteiger partial charge on any atom is 0.249 e. The second kappa shape index (κ2) is 4.17. The van der Waals surface area contributed by atoms with Gasteiger partial charge in [-0.1, -0.05) is 25.7 Å². The fourth-order valence-electron chi connectivity index (χ4n) is 1.95. The van der Waals surface area contributed by atoms with E-state index in [2.05, 4.69) is 0 Å². The maximum absolute atomic E-state index is 13.0. The van der Waals surface area contributed by atoms with Crippen molar-refractivity contribution in [2.75, 3.05) is 6.54 Å². The summed E-state index contributed by atoms with van der Waals surface area (Å²) < 4.78 is 26.0. The lowest BCUT2D eigenvalue weighted by molar-refractivity contribution is -0.0278. The summed E-state index contributed by atoms with van der Waals surface area (Å²) in [4.78, 5) is 0. The molecule has 0 aromatic rings. The lowest BCUT2D eigenvalue weighted by Gasteiger charge is -2.18. The Kier molecular flexibility index (Phi) is 3.44. The molecule has 1 aliphatic carbocycles. The average molecular weight is 177 g/mol. The quantitative estimate of drug-likeness (QED) is 0.701. The van der Waals surface area contributed by atoms with E-state index in [1.165, 1.54) is 0 Å². The first-order valence-electron chi connectivity index (χ1n) is 4.72. The van der Waals surface area contributed by atoms with Gasteiger partial charge in [0.2, 0.25) is 5.92 Å². The monoisotopic (exact) mass is 177 g/mol. The third-order valence-electron chi connectivity index (χ3n) is 2.57. The Hall–Kier alpha value is -0.180. The second-order valence-corrected chi connectivity index (χ2v) is 3.75. The molecule has 0 spiro atoms. The topological polar surface area (TPSA) is 26.0 Å². The molecular formula is C9H17F2N. The highest BCUT2D eigenvalue weighted by atomic mass is 19.3. The van der Waals surface area contributed by atoms with Crippen LogP contribution in [0.5, 0.6) is 0 Å². The fraction of sp³-hybridized carbons (Fsp3) is 1.00. The summed E-state index contributed by atoms with van der Waals surface area (Å²) in [6.07, 6.45) is 4.14. The van der Waals surface area contributed by atoms with Crippen LogP contribution < -0.4 is 5.73 Å². The van der Waals surface area contributed by atoms with E-state index >= 15 is 0 Å². The van der Waals surface area contributed by atoms with Crippen molar-refractivity contribution in [1.29, 1.82) is 0 Å². The van der Waals surface area contributed by atoms with E-state index in [4.69, 9.17) is 5.73 Å². The van der Waals surface area contributed by atoms with Crippen LogP contribution in [0.2, 0.25) is 0 Å². The minimum Gasteiger partial charge on any atom is -0.330 e. The van der Waals surface area contributed by atoms with Crippen molar-refractivity contribution in [2.24, 2.45) is 11.7 Å². The van der Waals surface area contributed by atoms with Crippen LogP contribution in [0.3, 0.4) is 0 Å². The highest BCUT2D eigenvalue weighted by Gasteiger charge is 2.32. The highest BCUT2D eigenvalue weighted by Crippen LogP contribution is 2.35. The van der Waals surface area contributed by atoms with Gasteiger partial charge < -0.3 is 5.73 Å². The summed E-state index contributed by atoms with van der Waals surface area (Å²) in [6, 6.07) is 0. The zero-order valence-electron chi connectivity index (χ0n) is 7.36. The number of alkyl halides is 2. The summed E-state index contributed by atoms with van der Waals surface area (Å²) in [7, 11) is 0. The highest BCUT2D eigenvalue weighted by molar-refractivity contribution is 4.76. The summed E-state index contributed by atoms with van der Waals surface area (Å²) >= 11 is 0. The van der Waals surface area contributed by atoms with Gasteiger partial charge in [0.15, 0.2) is 0 Å². The van der Waals surface area contributed by atoms with Crippen molar-refractivity contribution in [3.05, 3.63) is 0 Å². The van der Waals surface area contributed by atoms with Gasteiger partial charge in [0.05, 0.1) is 0 Å². The molecule has 0 aromatic heterocycles. The second-order valence-electron chi connectivity index (χ2n) is 3.75. The van der Waals surface area contributed by atoms with E-state index in [-0.39, 0.29) is 25.3 Å². The Bertz CT molecular complexity index is 130. The zero-order chi connectivity index (χ0) is 9.03. The number of hydrogen-bond donors (Lipinski definition) is 1. The molecule has 0 aromatic carbocycles. The number of hydrogen-bond acceptors (Lipinski definition) is 1. The molecule has 12 heavy (non-hydrogen) atoms. The van der Waals surface area contributed by atoms with E-state index in [1.54, 1.807) is 0 Å². The van der Waals surface area contributed by atoms with Crippen molar-refractivity contribution in [1.82, 2.24) is 0 Å². The SMILES string of the molecule is NCCC(F)(F)CC1CCCC1. The van der Waals surface area contributed by atoms with Crippen LogP contribution in [0.25, 0.3) is 0 Å². The molecule has 2 N–H and O–H groups in total. The molecular weight excluding hydrogens is 160 g/mol. The Labute approximate surface area is 72.3 Å². The van der Waals surface area contributed by atoms with Gasteiger partial charge in [-0.15, -0.1) is 0 Å². The molecule has 1 rings (SSSR count). The predicted octanol–water partition coefficient (Wildman–Crippen LogP) is 2.55. The maximum atomic E-state index is 13.0. The van der Waals surface area contributed by atoms with E-state index in [0.29, 0.717) is 0 Å². The van der Waals surface area contributed by atoms with Gasteiger partial charge in [-0.25, -0.2) is 8.78 Å². The van der Waals surface area contributed by atoms with Gasteiger partial charge in [0.1, 0.15) is 0 Å². The molecule has 1 saturated carbocycles. The smallest absolute Gasteiger partial charge is 0.249 e. The number of rotatable bonds is 4. The molecule has 1 aliphatic rings. The van der Waals surface area contributed by atoms with E-state index in [9.17, 15) is 8.78 Å². The third-order valence-corrected chi connectivity index (χ3v) is 2.57. The standard InChI is InChI=1S/C9H17F2N/c10-9(11,5-6-12)7-8-3-1-2-4-8/h8H,1-7,12H2. The van der Waals surface area contributed by atoms with Gasteiger partial charge in [-0.05, 0) is 12.5 Å². The van der Waals surface area contributed by atoms with E-state index in [0.717, 1.165) is 25.7 Å². The Balaban J connectivity index is 2.27. The summed E-state index contributed by atoms with van der Waals surface area (Å²) in [5.41, 5.74) is 5.11. The van der Waals surface area contributed by atoms with Gasteiger partial charge >= 0.3 is 0 Å². The first-order valence-corrected chi connectivity index (χ1v) is 4.72. The molecule has 3 heteroatoms. The van der Waals surface area contributed by atoms with E-state index < -0.39 is 5.92 Å². The van der Waals surface area contributed by atoms with Gasteiger partial charge in [-0.2, -0.15) is 0 Å². The van der Waals surface area contributed by atoms with Crippen LogP contribution >= 0.6 is 0 Å². The first-order chi connectivity index (χ1) is 5.64. The van der Waals surface area contributed by atoms with Gasteiger partial charge in [0.25, 0.3) is 0 Å². The number of halogens is 2. The lowest BCUT2D eigenvalue weighted by atomic mass is 9.98. The minimum atomic E-state index is -2.51. The summed E-state index contributed by atoms with van der Waals surface area (Å²) in [5, 5.41) is 0. The van der Waals surface area contributed by atoms with Crippen LogP contribution in [-0.2, 0) is 0 Å². The fourth-order valence-corrected chi connectivity index (χ4v) is 1.95. The third kappa shape index (κ3) is 3.05. The molecule has 0 unspecified atom stereocenters. The minimum absolute atomic E-state index is 0.0597. The van der Waals surface area contributed by atoms with Crippen LogP contribution in [-0.4, -0.2) is 12.5 Å². The van der Waals surface area contributed by atoms with Crippen LogP contribution in [0, 0.1) is 5.92 Å². The van der Waals surface area contributed by atoms with Crippen LogP contribution in [0.15, 0.2) is 0 Å². The van der Waals surface area contributed by atoms with Crippen LogP contribution in [0.1, 0.15) is 38.5 Å². The normalized spacial score (nSPS) is 20.2. The molecule has 1 fully saturated rings. The van der Waals surface area contributed by atoms with Gasteiger partial charge in [-0.3, -0.25) is 0 Å². The lowest BCUT2D eigenvalue weighted by Crippen LogP contribution is -2.23. The molecule has 0 heterocycles. The molecule has 0 saturated heterocycles. The van der Waals surface area contributed by atoms with Crippen molar-refractivity contribution in [3.8, 4) is 0 Å². The predicted molar refractivity (Wildman–Crippen MR) is 45.2 cm³/mol. The number of nitrogens with two attached hydrogens (primary N) is 1. The Morgan fingerprint density at radius 3 is 2.33 bits per heavy atom. The molecule has 0 aliphatic heterocycles. The Morgan fingerprint density at radius 2 is 1.83 bits per heavy atom. The molecule has 0 bridgehead atoms. The van der Waals surface area contributed by atoms with Crippen LogP contribution in [0.4, 0.5) is 8.78 Å². The van der Waals surface area contributed by atoms with Crippen molar-refractivity contribution < 1.29 is 8.78 Å². The largest absolute Gasteiger partial charge is 0.330 e. The zero-order valence-corrected chi connectivity index (χ0v) is 7.36. The van der Waals surface area contributed by atoms with E-state index in [1.807, 2.05) is 0 Å². The van der Waals surface area contributed by atoms with Crippen molar-refractivity contribution >= 4 is 0 Å². The average Bonchev–Trinajstić information content (AvgIpc) is 2.38. The molecule has 0 amide bonds. The molecule has 0 radical (unpaired) electrons. The van der Waals surface area contributed by atoms with Crippen molar-refractivity contribution in [2.45, 2.75) is 44.4 Å². The first kappa shape index (κ1) is 9.90. The Morgan fingerprint density at radius 1 is 1.25 bits per heavy atom. The molecule has 0 atom stereocenters.